The minimum atomic E-state index is -4.20. The van der Waals surface area contributed by atoms with Crippen LogP contribution >= 0.6 is 0 Å². The van der Waals surface area contributed by atoms with Gasteiger partial charge in [0.1, 0.15) is 6.10 Å². The van der Waals surface area contributed by atoms with Gasteiger partial charge in [-0.05, 0) is 51.9 Å². The normalized spacial score (nSPS) is 13.2. The van der Waals surface area contributed by atoms with Gasteiger partial charge in [-0.25, -0.2) is 12.7 Å². The highest BCUT2D eigenvalue weighted by Crippen LogP contribution is 2.24. The quantitative estimate of drug-likeness (QED) is 0.207. The summed E-state index contributed by atoms with van der Waals surface area (Å²) in [4.78, 5) is 22.6. The van der Waals surface area contributed by atoms with Crippen molar-refractivity contribution in [2.24, 2.45) is 0 Å². The molecule has 0 aromatic carbocycles. The number of hydrogen-bond donors (Lipinski definition) is 0. The van der Waals surface area contributed by atoms with Crippen LogP contribution in [0.4, 0.5) is 13.2 Å². The van der Waals surface area contributed by atoms with E-state index in [1.165, 1.54) is 11.2 Å². The summed E-state index contributed by atoms with van der Waals surface area (Å²) in [6.45, 7) is 3.95. The fourth-order valence-corrected chi connectivity index (χ4v) is 4.20. The summed E-state index contributed by atoms with van der Waals surface area (Å²) in [7, 11) is -3.41. The van der Waals surface area contributed by atoms with E-state index in [0.29, 0.717) is 51.7 Å². The minimum absolute atomic E-state index is 0.0348. The van der Waals surface area contributed by atoms with Crippen LogP contribution in [0.2, 0.25) is 0 Å². The lowest BCUT2D eigenvalue weighted by Gasteiger charge is -2.22. The first-order valence-electron chi connectivity index (χ1n) is 11.2. The van der Waals surface area contributed by atoms with Gasteiger partial charge >= 0.3 is 18.1 Å². The van der Waals surface area contributed by atoms with Crippen LogP contribution in [0.25, 0.3) is 0 Å². The van der Waals surface area contributed by atoms with Gasteiger partial charge in [-0.2, -0.15) is 13.2 Å². The molecule has 0 spiro atoms. The maximum atomic E-state index is 12.3. The number of unbranched alkanes of at least 4 members (excludes halogenated alkanes) is 4. The van der Waals surface area contributed by atoms with Crippen molar-refractivity contribution in [3.8, 4) is 0 Å². The molecule has 0 bridgehead atoms. The lowest BCUT2D eigenvalue weighted by Crippen LogP contribution is -2.32. The monoisotopic (exact) mass is 489 g/mol. The number of halogens is 3. The van der Waals surface area contributed by atoms with Crippen LogP contribution in [-0.2, 0) is 29.1 Å². The number of esters is 2. The largest absolute Gasteiger partial charge is 0.466 e. The molecule has 0 saturated heterocycles. The predicted octanol–water partition coefficient (Wildman–Crippen LogP) is 4.60. The first kappa shape index (κ1) is 30.6. The van der Waals surface area contributed by atoms with Gasteiger partial charge in [0, 0.05) is 32.9 Å². The Hall–Kier alpha value is -1.36. The Morgan fingerprint density at radius 3 is 2.09 bits per heavy atom. The molecule has 190 valence electrons. The molecule has 0 fully saturated rings. The number of ether oxygens (including phenoxy) is 2. The maximum absolute atomic E-state index is 12.3. The highest BCUT2D eigenvalue weighted by atomic mass is 32.2. The second-order valence-electron chi connectivity index (χ2n) is 7.87. The van der Waals surface area contributed by atoms with Gasteiger partial charge < -0.3 is 9.47 Å². The molecule has 1 atom stereocenters. The smallest absolute Gasteiger partial charge is 0.389 e. The van der Waals surface area contributed by atoms with Gasteiger partial charge in [0.2, 0.25) is 10.0 Å². The summed E-state index contributed by atoms with van der Waals surface area (Å²) >= 11 is 0. The molecular formula is C21H38F3NO6S. The van der Waals surface area contributed by atoms with Gasteiger partial charge in [0.25, 0.3) is 0 Å². The van der Waals surface area contributed by atoms with Crippen LogP contribution in [0.15, 0.2) is 0 Å². The molecule has 0 heterocycles. The standard InChI is InChI=1S/C21H38F3NO6S/c1-4-30-20(27)14-7-5-6-10-16-25(32(3,28)29)17-11-13-19(31-18(2)26)12-8-9-15-21(22,23)24/h19H,4-17H2,1-3H3. The number of carbonyl (C=O) groups excluding carboxylic acids is 2. The number of hydrogen-bond acceptors (Lipinski definition) is 6. The van der Waals surface area contributed by atoms with E-state index in [2.05, 4.69) is 0 Å². The van der Waals surface area contributed by atoms with E-state index in [0.717, 1.165) is 19.1 Å². The zero-order valence-corrected chi connectivity index (χ0v) is 20.2. The summed E-state index contributed by atoms with van der Waals surface area (Å²) in [6.07, 6.45) is 0.183. The molecule has 0 aliphatic rings. The molecule has 0 N–H and O–H groups in total. The van der Waals surface area contributed by atoms with Crippen LogP contribution in [0.5, 0.6) is 0 Å². The number of nitrogens with zero attached hydrogens (tertiary/aromatic N) is 1. The molecule has 32 heavy (non-hydrogen) atoms. The van der Waals surface area contributed by atoms with Gasteiger partial charge in [-0.3, -0.25) is 9.59 Å². The highest BCUT2D eigenvalue weighted by Gasteiger charge is 2.26. The molecule has 0 rings (SSSR count). The molecule has 0 aliphatic heterocycles. The zero-order valence-electron chi connectivity index (χ0n) is 19.4. The molecule has 7 nitrogen and oxygen atoms in total. The van der Waals surface area contributed by atoms with E-state index in [1.807, 2.05) is 0 Å². The zero-order chi connectivity index (χ0) is 24.6. The van der Waals surface area contributed by atoms with Crippen molar-refractivity contribution in [2.75, 3.05) is 26.0 Å². The van der Waals surface area contributed by atoms with Crippen LogP contribution in [-0.4, -0.2) is 62.9 Å². The topological polar surface area (TPSA) is 90.0 Å². The second-order valence-corrected chi connectivity index (χ2v) is 9.85. The van der Waals surface area contributed by atoms with Crippen LogP contribution < -0.4 is 0 Å². The van der Waals surface area contributed by atoms with Crippen molar-refractivity contribution in [2.45, 2.75) is 96.8 Å². The number of rotatable bonds is 18. The Labute approximate surface area is 190 Å². The van der Waals surface area contributed by atoms with Crippen molar-refractivity contribution in [1.29, 1.82) is 0 Å². The Balaban J connectivity index is 4.36. The molecule has 0 radical (unpaired) electrons. The maximum Gasteiger partial charge on any atom is 0.389 e. The van der Waals surface area contributed by atoms with E-state index in [9.17, 15) is 31.2 Å². The van der Waals surface area contributed by atoms with Crippen LogP contribution in [0.1, 0.15) is 84.5 Å². The van der Waals surface area contributed by atoms with Gasteiger partial charge in [-0.15, -0.1) is 0 Å². The molecule has 1 unspecified atom stereocenters. The van der Waals surface area contributed by atoms with E-state index in [-0.39, 0.29) is 25.4 Å². The summed E-state index contributed by atoms with van der Waals surface area (Å²) < 4.78 is 72.3. The molecule has 0 saturated carbocycles. The molecular weight excluding hydrogens is 451 g/mol. The number of carbonyl (C=O) groups is 2. The molecule has 0 aromatic heterocycles. The third-order valence-electron chi connectivity index (χ3n) is 4.82. The Kier molecular flexibility index (Phi) is 15.6. The number of sulfonamides is 1. The van der Waals surface area contributed by atoms with Crippen molar-refractivity contribution >= 4 is 22.0 Å². The van der Waals surface area contributed by atoms with Crippen molar-refractivity contribution < 1.29 is 40.7 Å². The Morgan fingerprint density at radius 2 is 1.53 bits per heavy atom. The number of alkyl halides is 3. The van der Waals surface area contributed by atoms with Gasteiger partial charge in [0.05, 0.1) is 12.9 Å². The van der Waals surface area contributed by atoms with Crippen molar-refractivity contribution in [3.05, 3.63) is 0 Å². The first-order valence-corrected chi connectivity index (χ1v) is 13.0. The predicted molar refractivity (Wildman–Crippen MR) is 115 cm³/mol. The Morgan fingerprint density at radius 1 is 0.938 bits per heavy atom. The highest BCUT2D eigenvalue weighted by molar-refractivity contribution is 7.88. The van der Waals surface area contributed by atoms with E-state index >= 15 is 0 Å². The lowest BCUT2D eigenvalue weighted by molar-refractivity contribution is -0.148. The summed E-state index contributed by atoms with van der Waals surface area (Å²) in [6, 6.07) is 0. The lowest BCUT2D eigenvalue weighted by atomic mass is 10.1. The average Bonchev–Trinajstić information content (AvgIpc) is 2.64. The summed E-state index contributed by atoms with van der Waals surface area (Å²) in [5.74, 6) is -0.736. The Bertz CT molecular complexity index is 640. The second kappa shape index (κ2) is 16.3. The fraction of sp³-hybridized carbons (Fsp3) is 0.905. The molecule has 0 aromatic rings. The molecule has 11 heteroatoms. The van der Waals surface area contributed by atoms with Gasteiger partial charge in [0.15, 0.2) is 0 Å². The van der Waals surface area contributed by atoms with Crippen molar-refractivity contribution in [1.82, 2.24) is 4.31 Å². The average molecular weight is 490 g/mol. The summed E-state index contributed by atoms with van der Waals surface area (Å²) in [5, 5.41) is 0. The van der Waals surface area contributed by atoms with Crippen LogP contribution in [0.3, 0.4) is 0 Å². The van der Waals surface area contributed by atoms with Gasteiger partial charge in [-0.1, -0.05) is 12.8 Å². The minimum Gasteiger partial charge on any atom is -0.466 e. The third kappa shape index (κ3) is 18.2. The molecule has 0 aliphatic carbocycles. The van der Waals surface area contributed by atoms with E-state index in [1.54, 1.807) is 6.92 Å². The van der Waals surface area contributed by atoms with E-state index in [4.69, 9.17) is 9.47 Å². The SMILES string of the molecule is CCOC(=O)CCCCCCN(CCCC(CCCCC(F)(F)F)OC(C)=O)S(C)(=O)=O. The summed E-state index contributed by atoms with van der Waals surface area (Å²) in [5.41, 5.74) is 0. The van der Waals surface area contributed by atoms with Crippen molar-refractivity contribution in [3.63, 3.8) is 0 Å². The fourth-order valence-electron chi connectivity index (χ4n) is 3.28. The third-order valence-corrected chi connectivity index (χ3v) is 6.12. The molecule has 0 amide bonds. The van der Waals surface area contributed by atoms with E-state index < -0.39 is 34.7 Å². The first-order chi connectivity index (χ1) is 14.8. The van der Waals surface area contributed by atoms with Crippen LogP contribution in [0, 0.1) is 0 Å².